The van der Waals surface area contributed by atoms with Gasteiger partial charge in [-0.2, -0.15) is 0 Å². The van der Waals surface area contributed by atoms with E-state index in [9.17, 15) is 0 Å². The molecule has 0 saturated heterocycles. The van der Waals surface area contributed by atoms with Crippen LogP contribution in [0.1, 0.15) is 23.3 Å². The number of thiazole rings is 1. The van der Waals surface area contributed by atoms with Crippen LogP contribution in [-0.4, -0.2) is 12.1 Å². The minimum absolute atomic E-state index is 0.220. The van der Waals surface area contributed by atoms with Crippen LogP contribution in [0.5, 0.6) is 5.75 Å². The average molecular weight is 341 g/mol. The zero-order valence-electron chi connectivity index (χ0n) is 12.6. The van der Waals surface area contributed by atoms with Crippen molar-refractivity contribution in [2.24, 2.45) is 0 Å². The summed E-state index contributed by atoms with van der Waals surface area (Å²) in [5.74, 6) is 0.866. The molecule has 23 heavy (non-hydrogen) atoms. The highest BCUT2D eigenvalue weighted by atomic mass is 32.1. The maximum absolute atomic E-state index is 7.36. The lowest BCUT2D eigenvalue weighted by Crippen LogP contribution is -1.98. The van der Waals surface area contributed by atoms with Gasteiger partial charge in [-0.05, 0) is 23.8 Å². The van der Waals surface area contributed by atoms with E-state index in [4.69, 9.17) is 11.3 Å². The molecule has 6 heteroatoms. The first-order valence-electron chi connectivity index (χ1n) is 7.39. The standard InChI is InChI=1S/C17H15N3OS2/c1-18-17(7-8-17)14-9-13-15(23-14)20-16(22-13)19-10-11-3-5-12(21-2)6-4-11/h3-6,9H,7-8,10H2,2H3,(H,19,20). The Bertz CT molecular complexity index is 853. The first kappa shape index (κ1) is 14.5. The third kappa shape index (κ3) is 2.67. The molecule has 0 radical (unpaired) electrons. The van der Waals surface area contributed by atoms with Crippen LogP contribution in [0.3, 0.4) is 0 Å². The van der Waals surface area contributed by atoms with Crippen molar-refractivity contribution in [2.45, 2.75) is 24.9 Å². The number of aromatic nitrogens is 1. The lowest BCUT2D eigenvalue weighted by Gasteiger charge is -2.04. The molecule has 3 aromatic rings. The Labute approximate surface area is 142 Å². The van der Waals surface area contributed by atoms with Crippen LogP contribution in [0.25, 0.3) is 14.4 Å². The number of rotatable bonds is 5. The number of ether oxygens (including phenoxy) is 1. The Balaban J connectivity index is 1.47. The Kier molecular flexibility index (Phi) is 3.47. The predicted molar refractivity (Wildman–Crippen MR) is 95.3 cm³/mol. The highest BCUT2D eigenvalue weighted by molar-refractivity contribution is 7.29. The SMILES string of the molecule is [C-]#[N+]C1(c2cc3sc(NCc4ccc(OC)cc4)nc3s2)CC1. The summed E-state index contributed by atoms with van der Waals surface area (Å²) in [6, 6.07) is 10.2. The van der Waals surface area contributed by atoms with Crippen LogP contribution in [0.2, 0.25) is 0 Å². The second-order valence-electron chi connectivity index (χ2n) is 5.64. The fourth-order valence-corrected chi connectivity index (χ4v) is 4.80. The number of hydrogen-bond acceptors (Lipinski definition) is 5. The van der Waals surface area contributed by atoms with Crippen molar-refractivity contribution in [3.63, 3.8) is 0 Å². The number of anilines is 1. The van der Waals surface area contributed by atoms with Crippen molar-refractivity contribution in [3.8, 4) is 5.75 Å². The van der Waals surface area contributed by atoms with Gasteiger partial charge in [-0.15, -0.1) is 11.3 Å². The van der Waals surface area contributed by atoms with E-state index in [0.29, 0.717) is 0 Å². The summed E-state index contributed by atoms with van der Waals surface area (Å²) in [4.78, 5) is 10.7. The average Bonchev–Trinajstić information content (AvgIpc) is 3.14. The van der Waals surface area contributed by atoms with Crippen molar-refractivity contribution in [1.29, 1.82) is 0 Å². The van der Waals surface area contributed by atoms with Gasteiger partial charge < -0.3 is 14.9 Å². The zero-order chi connectivity index (χ0) is 15.9. The summed E-state index contributed by atoms with van der Waals surface area (Å²) >= 11 is 3.33. The van der Waals surface area contributed by atoms with Crippen LogP contribution in [0.15, 0.2) is 30.3 Å². The molecule has 0 aliphatic heterocycles. The summed E-state index contributed by atoms with van der Waals surface area (Å²) < 4.78 is 6.34. The molecule has 0 atom stereocenters. The van der Waals surface area contributed by atoms with E-state index in [1.807, 2.05) is 24.3 Å². The van der Waals surface area contributed by atoms with E-state index < -0.39 is 0 Å². The Morgan fingerprint density at radius 1 is 1.30 bits per heavy atom. The normalized spacial score (nSPS) is 15.3. The summed E-state index contributed by atoms with van der Waals surface area (Å²) in [5.41, 5.74) is 0.969. The molecule has 0 amide bonds. The smallest absolute Gasteiger partial charge is 0.267 e. The van der Waals surface area contributed by atoms with Gasteiger partial charge >= 0.3 is 0 Å². The molecule has 0 unspecified atom stereocenters. The lowest BCUT2D eigenvalue weighted by atomic mass is 10.2. The zero-order valence-corrected chi connectivity index (χ0v) is 14.3. The van der Waals surface area contributed by atoms with Gasteiger partial charge in [0.15, 0.2) is 5.13 Å². The first-order chi connectivity index (χ1) is 11.2. The molecule has 116 valence electrons. The van der Waals surface area contributed by atoms with Crippen LogP contribution in [-0.2, 0) is 12.1 Å². The van der Waals surface area contributed by atoms with E-state index in [2.05, 4.69) is 21.2 Å². The number of fused-ring (bicyclic) bond motifs is 1. The lowest BCUT2D eigenvalue weighted by molar-refractivity contribution is 0.414. The maximum atomic E-state index is 7.36. The van der Waals surface area contributed by atoms with E-state index in [1.54, 1.807) is 29.8 Å². The van der Waals surface area contributed by atoms with Gasteiger partial charge in [0.05, 0.1) is 16.7 Å². The van der Waals surface area contributed by atoms with Crippen molar-refractivity contribution in [1.82, 2.24) is 4.98 Å². The third-order valence-corrected chi connectivity index (χ3v) is 6.40. The van der Waals surface area contributed by atoms with Crippen LogP contribution in [0, 0.1) is 6.57 Å². The minimum atomic E-state index is -0.220. The highest BCUT2D eigenvalue weighted by Crippen LogP contribution is 2.53. The summed E-state index contributed by atoms with van der Waals surface area (Å²) in [6.45, 7) is 8.10. The predicted octanol–water partition coefficient (Wildman–Crippen LogP) is 4.89. The summed E-state index contributed by atoms with van der Waals surface area (Å²) in [7, 11) is 1.67. The Morgan fingerprint density at radius 3 is 2.70 bits per heavy atom. The maximum Gasteiger partial charge on any atom is 0.267 e. The fraction of sp³-hybridized carbons (Fsp3) is 0.294. The van der Waals surface area contributed by atoms with Gasteiger partial charge in [0.2, 0.25) is 0 Å². The van der Waals surface area contributed by atoms with E-state index in [1.165, 1.54) is 15.1 Å². The second-order valence-corrected chi connectivity index (χ2v) is 7.71. The van der Waals surface area contributed by atoms with Crippen molar-refractivity contribution in [3.05, 3.63) is 52.2 Å². The van der Waals surface area contributed by atoms with Crippen molar-refractivity contribution < 1.29 is 4.74 Å². The molecular formula is C17H15N3OS2. The fourth-order valence-electron chi connectivity index (χ4n) is 2.49. The molecule has 0 spiro atoms. The molecule has 1 fully saturated rings. The molecule has 2 aromatic heterocycles. The summed E-state index contributed by atoms with van der Waals surface area (Å²) in [5, 5.41) is 4.31. The van der Waals surface area contributed by atoms with Crippen LogP contribution >= 0.6 is 22.7 Å². The molecule has 2 heterocycles. The number of nitrogens with one attached hydrogen (secondary N) is 1. The molecule has 4 rings (SSSR count). The van der Waals surface area contributed by atoms with E-state index >= 15 is 0 Å². The molecule has 4 nitrogen and oxygen atoms in total. The van der Waals surface area contributed by atoms with Crippen LogP contribution in [0.4, 0.5) is 5.13 Å². The largest absolute Gasteiger partial charge is 0.497 e. The van der Waals surface area contributed by atoms with Gasteiger partial charge in [0.1, 0.15) is 10.6 Å². The van der Waals surface area contributed by atoms with E-state index in [-0.39, 0.29) is 5.54 Å². The quantitative estimate of drug-likeness (QED) is 0.672. The van der Waals surface area contributed by atoms with Crippen LogP contribution < -0.4 is 10.1 Å². The van der Waals surface area contributed by atoms with Gasteiger partial charge in [-0.25, -0.2) is 11.6 Å². The molecule has 1 aromatic carbocycles. The Morgan fingerprint density at radius 2 is 2.09 bits per heavy atom. The number of benzene rings is 1. The van der Waals surface area contributed by atoms with Crippen molar-refractivity contribution in [2.75, 3.05) is 12.4 Å². The molecular weight excluding hydrogens is 326 g/mol. The van der Waals surface area contributed by atoms with Crippen molar-refractivity contribution >= 4 is 37.3 Å². The molecule has 1 aliphatic rings. The Hall–Kier alpha value is -2.10. The first-order valence-corrected chi connectivity index (χ1v) is 9.02. The van der Waals surface area contributed by atoms with E-state index in [0.717, 1.165) is 35.1 Å². The number of methoxy groups -OCH3 is 1. The molecule has 0 bridgehead atoms. The van der Waals surface area contributed by atoms with Gasteiger partial charge in [0, 0.05) is 19.4 Å². The number of hydrogen-bond donors (Lipinski definition) is 1. The summed E-state index contributed by atoms with van der Waals surface area (Å²) in [6.07, 6.45) is 1.99. The third-order valence-electron chi connectivity index (χ3n) is 4.09. The van der Waals surface area contributed by atoms with Gasteiger partial charge in [0.25, 0.3) is 5.54 Å². The molecule has 1 aliphatic carbocycles. The van der Waals surface area contributed by atoms with Gasteiger partial charge in [-0.3, -0.25) is 0 Å². The number of thiophene rings is 1. The number of nitrogens with zero attached hydrogens (tertiary/aromatic N) is 2. The topological polar surface area (TPSA) is 38.5 Å². The minimum Gasteiger partial charge on any atom is -0.497 e. The van der Waals surface area contributed by atoms with Gasteiger partial charge in [-0.1, -0.05) is 23.5 Å². The monoisotopic (exact) mass is 341 g/mol. The second kappa shape index (κ2) is 5.52. The molecule has 1 saturated carbocycles. The molecule has 1 N–H and O–H groups in total. The highest BCUT2D eigenvalue weighted by Gasteiger charge is 2.54.